The first-order chi connectivity index (χ1) is 18.0. The molecule has 6 rings (SSSR count). The van der Waals surface area contributed by atoms with Crippen molar-refractivity contribution in [2.75, 3.05) is 19.7 Å². The van der Waals surface area contributed by atoms with Crippen LogP contribution in [0.1, 0.15) is 45.4 Å². The van der Waals surface area contributed by atoms with E-state index < -0.39 is 11.5 Å². The maximum Gasteiger partial charge on any atom is 0.264 e. The molecule has 9 nitrogen and oxygen atoms in total. The summed E-state index contributed by atoms with van der Waals surface area (Å²) in [6.45, 7) is 3.22. The number of hydrogen-bond donors (Lipinski definition) is 1. The molecule has 1 N–H and O–H groups in total. The number of ether oxygens (including phenoxy) is 1. The predicted octanol–water partition coefficient (Wildman–Crippen LogP) is 3.16. The number of likely N-dealkylation sites (tertiary alicyclic amines) is 1. The average molecular weight is 528 g/mol. The summed E-state index contributed by atoms with van der Waals surface area (Å²) < 4.78 is 34.8. The number of fused-ring (bicyclic) bond motifs is 1. The van der Waals surface area contributed by atoms with Crippen molar-refractivity contribution in [3.05, 3.63) is 47.1 Å². The molecule has 1 aromatic carbocycles. The number of hydrogen-bond acceptors (Lipinski definition) is 6. The van der Waals surface area contributed by atoms with E-state index in [2.05, 4.69) is 10.1 Å². The Morgan fingerprint density at radius 1 is 1.18 bits per heavy atom. The lowest BCUT2D eigenvalue weighted by atomic mass is 9.82. The van der Waals surface area contributed by atoms with Crippen LogP contribution in [0.25, 0.3) is 16.7 Å². The van der Waals surface area contributed by atoms with Crippen LogP contribution < -0.4 is 10.3 Å². The number of amides is 1. The Hall–Kier alpha value is -3.34. The average Bonchev–Trinajstić information content (AvgIpc) is 3.47. The Labute approximate surface area is 218 Å². The molecule has 11 heteroatoms. The first-order valence-electron chi connectivity index (χ1n) is 13.1. The van der Waals surface area contributed by atoms with Crippen LogP contribution in [0.2, 0.25) is 0 Å². The van der Waals surface area contributed by atoms with E-state index in [0.29, 0.717) is 48.4 Å². The highest BCUT2D eigenvalue weighted by molar-refractivity contribution is 5.85. The van der Waals surface area contributed by atoms with Gasteiger partial charge in [-0.25, -0.2) is 18.4 Å². The minimum atomic E-state index is -2.58. The molecule has 1 aliphatic heterocycles. The zero-order valence-electron chi connectivity index (χ0n) is 21.3. The van der Waals surface area contributed by atoms with Crippen LogP contribution in [-0.2, 0) is 11.3 Å². The number of rotatable bonds is 7. The van der Waals surface area contributed by atoms with Gasteiger partial charge in [0.05, 0.1) is 30.6 Å². The molecule has 3 aromatic rings. The Bertz CT molecular complexity index is 1430. The lowest BCUT2D eigenvalue weighted by Gasteiger charge is -2.39. The van der Waals surface area contributed by atoms with E-state index in [1.807, 2.05) is 11.8 Å². The zero-order valence-corrected chi connectivity index (χ0v) is 21.3. The summed E-state index contributed by atoms with van der Waals surface area (Å²) in [7, 11) is 0. The fourth-order valence-electron chi connectivity index (χ4n) is 5.46. The molecular weight excluding hydrogens is 496 g/mol. The number of aliphatic hydroxyl groups is 1. The van der Waals surface area contributed by atoms with Crippen LogP contribution in [0, 0.1) is 11.3 Å². The summed E-state index contributed by atoms with van der Waals surface area (Å²) >= 11 is 0. The maximum atomic E-state index is 13.2. The zero-order chi connectivity index (χ0) is 26.7. The summed E-state index contributed by atoms with van der Waals surface area (Å²) in [4.78, 5) is 32.2. The van der Waals surface area contributed by atoms with Crippen molar-refractivity contribution in [1.29, 1.82) is 0 Å². The van der Waals surface area contributed by atoms with Crippen molar-refractivity contribution in [2.45, 2.75) is 63.5 Å². The third-order valence-corrected chi connectivity index (χ3v) is 8.24. The van der Waals surface area contributed by atoms with E-state index in [1.54, 1.807) is 24.3 Å². The summed E-state index contributed by atoms with van der Waals surface area (Å²) in [5.41, 5.74) is -0.654. The normalized spacial score (nSPS) is 21.7. The van der Waals surface area contributed by atoms with Gasteiger partial charge in [-0.1, -0.05) is 13.0 Å². The number of nitrogens with zero attached hydrogens (tertiary/aromatic N) is 5. The molecule has 3 aliphatic rings. The summed E-state index contributed by atoms with van der Waals surface area (Å²) in [6.07, 6.45) is 5.18. The largest absolute Gasteiger partial charge is 0.493 e. The fourth-order valence-corrected chi connectivity index (χ4v) is 5.46. The van der Waals surface area contributed by atoms with Crippen LogP contribution in [0.4, 0.5) is 8.78 Å². The van der Waals surface area contributed by atoms with Gasteiger partial charge in [-0.15, -0.1) is 0 Å². The van der Waals surface area contributed by atoms with E-state index in [4.69, 9.17) is 4.74 Å². The van der Waals surface area contributed by atoms with Gasteiger partial charge < -0.3 is 14.7 Å². The molecule has 0 spiro atoms. The molecule has 1 saturated heterocycles. The lowest BCUT2D eigenvalue weighted by molar-refractivity contribution is -0.141. The molecule has 0 radical (unpaired) electrons. The molecule has 0 bridgehead atoms. The summed E-state index contributed by atoms with van der Waals surface area (Å²) in [6, 6.07) is 7.04. The second-order valence-electron chi connectivity index (χ2n) is 11.5. The molecule has 0 unspecified atom stereocenters. The lowest BCUT2D eigenvalue weighted by Crippen LogP contribution is -2.51. The van der Waals surface area contributed by atoms with Gasteiger partial charge >= 0.3 is 0 Å². The molecule has 202 valence electrons. The second kappa shape index (κ2) is 8.86. The maximum absolute atomic E-state index is 13.2. The van der Waals surface area contributed by atoms with Crippen LogP contribution in [0.15, 0.2) is 41.6 Å². The van der Waals surface area contributed by atoms with Gasteiger partial charge in [0.2, 0.25) is 11.8 Å². The van der Waals surface area contributed by atoms with E-state index in [0.717, 1.165) is 12.8 Å². The first-order valence-corrected chi connectivity index (χ1v) is 13.1. The Balaban J connectivity index is 1.15. The minimum absolute atomic E-state index is 0.0861. The quantitative estimate of drug-likeness (QED) is 0.507. The molecule has 0 atom stereocenters. The van der Waals surface area contributed by atoms with Gasteiger partial charge in [0.15, 0.2) is 5.65 Å². The molecule has 2 aromatic heterocycles. The highest BCUT2D eigenvalue weighted by atomic mass is 19.3. The Kier molecular flexibility index (Phi) is 5.82. The highest BCUT2D eigenvalue weighted by Gasteiger charge is 2.48. The van der Waals surface area contributed by atoms with Crippen LogP contribution >= 0.6 is 0 Å². The standard InChI is InChI=1S/C27H31F2N5O4/c1-25(5-6-25)24(36)32-9-7-26(37,8-10-32)16-33-17-30-22-21(23(33)35)14-31-34(22)19-3-2-4-20(11-19)38-15-18-12-27(28,29)13-18/h2-4,11,14,17-18,37H,5-10,12-13,15-16H2,1H3. The number of halogens is 2. The van der Waals surface area contributed by atoms with E-state index in [-0.39, 0.29) is 48.8 Å². The summed E-state index contributed by atoms with van der Waals surface area (Å²) in [5.74, 6) is -2.06. The Morgan fingerprint density at radius 2 is 1.92 bits per heavy atom. The molecule has 3 fully saturated rings. The van der Waals surface area contributed by atoms with Crippen molar-refractivity contribution >= 4 is 16.9 Å². The van der Waals surface area contributed by atoms with Crippen molar-refractivity contribution in [1.82, 2.24) is 24.2 Å². The third kappa shape index (κ3) is 4.68. The smallest absolute Gasteiger partial charge is 0.264 e. The summed E-state index contributed by atoms with van der Waals surface area (Å²) in [5, 5.41) is 15.9. The van der Waals surface area contributed by atoms with Crippen LogP contribution in [0.5, 0.6) is 5.75 Å². The highest BCUT2D eigenvalue weighted by Crippen LogP contribution is 2.47. The number of alkyl halides is 2. The van der Waals surface area contributed by atoms with Gasteiger partial charge in [-0.05, 0) is 37.8 Å². The molecule has 3 heterocycles. The molecule has 2 saturated carbocycles. The van der Waals surface area contributed by atoms with Crippen molar-refractivity contribution in [3.8, 4) is 11.4 Å². The van der Waals surface area contributed by atoms with E-state index in [1.165, 1.54) is 21.8 Å². The Morgan fingerprint density at radius 3 is 2.61 bits per heavy atom. The van der Waals surface area contributed by atoms with Crippen molar-refractivity contribution in [3.63, 3.8) is 0 Å². The van der Waals surface area contributed by atoms with Crippen LogP contribution in [0.3, 0.4) is 0 Å². The van der Waals surface area contributed by atoms with Gasteiger partial charge in [0, 0.05) is 43.3 Å². The van der Waals surface area contributed by atoms with Crippen molar-refractivity contribution in [2.24, 2.45) is 11.3 Å². The number of benzene rings is 1. The molecule has 38 heavy (non-hydrogen) atoms. The fraction of sp³-hybridized carbons (Fsp3) is 0.556. The molecular formula is C27H31F2N5O4. The third-order valence-electron chi connectivity index (χ3n) is 8.24. The SMILES string of the molecule is CC1(C(=O)N2CCC(O)(Cn3cnc4c(cnn4-c4cccc(OCC5CC(F)(F)C5)c4)c3=O)CC2)CC1. The molecule has 1 amide bonds. The number of aromatic nitrogens is 4. The van der Waals surface area contributed by atoms with Crippen LogP contribution in [-0.4, -0.2) is 66.5 Å². The van der Waals surface area contributed by atoms with Gasteiger partial charge in [-0.3, -0.25) is 14.2 Å². The predicted molar refractivity (Wildman–Crippen MR) is 134 cm³/mol. The van der Waals surface area contributed by atoms with Gasteiger partial charge in [0.25, 0.3) is 5.56 Å². The van der Waals surface area contributed by atoms with Gasteiger partial charge in [-0.2, -0.15) is 5.10 Å². The second-order valence-corrected chi connectivity index (χ2v) is 11.5. The number of carbonyl (C=O) groups excluding carboxylic acids is 1. The van der Waals surface area contributed by atoms with Crippen molar-refractivity contribution < 1.29 is 23.4 Å². The number of carbonyl (C=O) groups is 1. The topological polar surface area (TPSA) is 102 Å². The number of piperidine rings is 1. The van der Waals surface area contributed by atoms with E-state index in [9.17, 15) is 23.5 Å². The molecule has 2 aliphatic carbocycles. The van der Waals surface area contributed by atoms with Gasteiger partial charge in [0.1, 0.15) is 17.5 Å². The first kappa shape index (κ1) is 25.0. The minimum Gasteiger partial charge on any atom is -0.493 e. The monoisotopic (exact) mass is 527 g/mol. The van der Waals surface area contributed by atoms with E-state index >= 15 is 0 Å².